The molecule has 112 valence electrons. The molecule has 0 bridgehead atoms. The highest BCUT2D eigenvalue weighted by molar-refractivity contribution is 8.13. The third kappa shape index (κ3) is 4.27. The lowest BCUT2D eigenvalue weighted by Gasteiger charge is -2.14. The van der Waals surface area contributed by atoms with Gasteiger partial charge in [0.05, 0.1) is 16.3 Å². The first-order chi connectivity index (χ1) is 9.86. The van der Waals surface area contributed by atoms with Crippen molar-refractivity contribution < 1.29 is 8.42 Å². The SMILES string of the molecule is CN(C)c1ccc(NNc2ccc(S(=O)(=O)Cl)cc2)cc1. The van der Waals surface area contributed by atoms with Crippen molar-refractivity contribution in [2.24, 2.45) is 0 Å². The highest BCUT2D eigenvalue weighted by Crippen LogP contribution is 2.19. The number of nitrogens with zero attached hydrogens (tertiary/aromatic N) is 1. The standard InChI is InChI=1S/C14H16ClN3O2S/c1-18(2)13-7-3-11(4-8-13)16-17-12-5-9-14(10-6-12)21(15,19)20/h3-10,16-17H,1-2H3. The molecule has 2 aromatic carbocycles. The van der Waals surface area contributed by atoms with Crippen LogP contribution in [0.4, 0.5) is 17.1 Å². The summed E-state index contributed by atoms with van der Waals surface area (Å²) in [6.45, 7) is 0. The highest BCUT2D eigenvalue weighted by Gasteiger charge is 2.08. The van der Waals surface area contributed by atoms with Crippen LogP contribution in [0.15, 0.2) is 53.4 Å². The van der Waals surface area contributed by atoms with E-state index in [-0.39, 0.29) is 4.90 Å². The zero-order valence-corrected chi connectivity index (χ0v) is 13.2. The third-order valence-electron chi connectivity index (χ3n) is 2.87. The maximum Gasteiger partial charge on any atom is 0.261 e. The summed E-state index contributed by atoms with van der Waals surface area (Å²) < 4.78 is 22.3. The third-order valence-corrected chi connectivity index (χ3v) is 4.24. The molecule has 0 saturated carbocycles. The minimum Gasteiger partial charge on any atom is -0.378 e. The van der Waals surface area contributed by atoms with Crippen LogP contribution in [0.3, 0.4) is 0 Å². The number of benzene rings is 2. The van der Waals surface area contributed by atoms with Gasteiger partial charge in [-0.25, -0.2) is 8.42 Å². The van der Waals surface area contributed by atoms with Crippen LogP contribution < -0.4 is 15.8 Å². The van der Waals surface area contributed by atoms with E-state index >= 15 is 0 Å². The van der Waals surface area contributed by atoms with E-state index < -0.39 is 9.05 Å². The molecule has 0 aliphatic rings. The Labute approximate surface area is 128 Å². The molecule has 0 saturated heterocycles. The van der Waals surface area contributed by atoms with Gasteiger partial charge in [-0.05, 0) is 48.5 Å². The predicted molar refractivity (Wildman–Crippen MR) is 87.5 cm³/mol. The Bertz CT molecular complexity index is 698. The van der Waals surface area contributed by atoms with Crippen molar-refractivity contribution in [3.05, 3.63) is 48.5 Å². The first-order valence-electron chi connectivity index (χ1n) is 6.20. The summed E-state index contributed by atoms with van der Waals surface area (Å²) >= 11 is 0. The zero-order valence-electron chi connectivity index (χ0n) is 11.7. The van der Waals surface area contributed by atoms with Gasteiger partial charge in [-0.15, -0.1) is 0 Å². The van der Waals surface area contributed by atoms with Crippen LogP contribution in [-0.2, 0) is 9.05 Å². The largest absolute Gasteiger partial charge is 0.378 e. The molecule has 0 atom stereocenters. The van der Waals surface area contributed by atoms with E-state index in [1.165, 1.54) is 12.1 Å². The Morgan fingerprint density at radius 3 is 1.67 bits per heavy atom. The number of hydrazine groups is 1. The summed E-state index contributed by atoms with van der Waals surface area (Å²) in [6.07, 6.45) is 0. The molecule has 0 heterocycles. The van der Waals surface area contributed by atoms with Gasteiger partial charge in [0.1, 0.15) is 0 Å². The lowest BCUT2D eigenvalue weighted by Crippen LogP contribution is -2.10. The van der Waals surface area contributed by atoms with Crippen LogP contribution in [0.5, 0.6) is 0 Å². The molecule has 2 aromatic rings. The molecule has 0 aromatic heterocycles. The van der Waals surface area contributed by atoms with Gasteiger partial charge in [0.25, 0.3) is 9.05 Å². The lowest BCUT2D eigenvalue weighted by atomic mass is 10.3. The van der Waals surface area contributed by atoms with Crippen molar-refractivity contribution in [3.8, 4) is 0 Å². The van der Waals surface area contributed by atoms with Crippen LogP contribution in [0.2, 0.25) is 0 Å². The van der Waals surface area contributed by atoms with E-state index in [9.17, 15) is 8.42 Å². The monoisotopic (exact) mass is 325 g/mol. The van der Waals surface area contributed by atoms with Crippen molar-refractivity contribution in [1.82, 2.24) is 0 Å². The second-order valence-corrected chi connectivity index (χ2v) is 7.22. The Balaban J connectivity index is 2.00. The maximum atomic E-state index is 11.1. The Hall–Kier alpha value is -1.92. The van der Waals surface area contributed by atoms with Crippen molar-refractivity contribution in [2.75, 3.05) is 29.8 Å². The Morgan fingerprint density at radius 1 is 0.857 bits per heavy atom. The van der Waals surface area contributed by atoms with Gasteiger partial charge in [0, 0.05) is 30.5 Å². The summed E-state index contributed by atoms with van der Waals surface area (Å²) in [5.74, 6) is 0. The number of hydrogen-bond acceptors (Lipinski definition) is 5. The average molecular weight is 326 g/mol. The van der Waals surface area contributed by atoms with Crippen LogP contribution >= 0.6 is 10.7 Å². The van der Waals surface area contributed by atoms with Gasteiger partial charge in [-0.2, -0.15) is 0 Å². The molecule has 0 aliphatic carbocycles. The minimum atomic E-state index is -3.68. The van der Waals surface area contributed by atoms with Crippen LogP contribution in [0.25, 0.3) is 0 Å². The second-order valence-electron chi connectivity index (χ2n) is 4.65. The van der Waals surface area contributed by atoms with Gasteiger partial charge < -0.3 is 15.8 Å². The molecule has 0 amide bonds. The van der Waals surface area contributed by atoms with Crippen LogP contribution in [0, 0.1) is 0 Å². The molecule has 0 fully saturated rings. The molecule has 2 N–H and O–H groups in total. The van der Waals surface area contributed by atoms with Crippen molar-refractivity contribution in [3.63, 3.8) is 0 Å². The number of rotatable bonds is 5. The summed E-state index contributed by atoms with van der Waals surface area (Å²) in [5.41, 5.74) is 8.76. The van der Waals surface area contributed by atoms with E-state index in [1.54, 1.807) is 12.1 Å². The molecule has 21 heavy (non-hydrogen) atoms. The summed E-state index contributed by atoms with van der Waals surface area (Å²) in [7, 11) is 5.53. The molecule has 0 spiro atoms. The lowest BCUT2D eigenvalue weighted by molar-refractivity contribution is 0.609. The molecule has 0 aliphatic heterocycles. The van der Waals surface area contributed by atoms with Gasteiger partial charge in [0.15, 0.2) is 0 Å². The number of hydrogen-bond donors (Lipinski definition) is 2. The van der Waals surface area contributed by atoms with Crippen LogP contribution in [-0.4, -0.2) is 22.5 Å². The molecular formula is C14H16ClN3O2S. The molecule has 2 rings (SSSR count). The first kappa shape index (κ1) is 15.5. The summed E-state index contributed by atoms with van der Waals surface area (Å²) in [5, 5.41) is 0. The number of nitrogens with one attached hydrogen (secondary N) is 2. The van der Waals surface area contributed by atoms with Crippen molar-refractivity contribution in [2.45, 2.75) is 4.90 Å². The van der Waals surface area contributed by atoms with E-state index in [0.717, 1.165) is 17.1 Å². The number of anilines is 3. The second kappa shape index (κ2) is 6.24. The van der Waals surface area contributed by atoms with Gasteiger partial charge >= 0.3 is 0 Å². The molecule has 0 unspecified atom stereocenters. The maximum absolute atomic E-state index is 11.1. The molecule has 0 radical (unpaired) electrons. The quantitative estimate of drug-likeness (QED) is 0.653. The zero-order chi connectivity index (χ0) is 15.5. The van der Waals surface area contributed by atoms with Crippen molar-refractivity contribution in [1.29, 1.82) is 0 Å². The topological polar surface area (TPSA) is 61.4 Å². The first-order valence-corrected chi connectivity index (χ1v) is 8.51. The smallest absolute Gasteiger partial charge is 0.261 e. The van der Waals surface area contributed by atoms with Gasteiger partial charge in [-0.3, -0.25) is 0 Å². The van der Waals surface area contributed by atoms with Gasteiger partial charge in [0.2, 0.25) is 0 Å². The fourth-order valence-corrected chi connectivity index (χ4v) is 2.46. The Morgan fingerprint density at radius 2 is 1.29 bits per heavy atom. The fourth-order valence-electron chi connectivity index (χ4n) is 1.69. The summed E-state index contributed by atoms with van der Waals surface area (Å²) in [4.78, 5) is 2.09. The van der Waals surface area contributed by atoms with E-state index in [1.807, 2.05) is 43.3 Å². The van der Waals surface area contributed by atoms with E-state index in [4.69, 9.17) is 10.7 Å². The van der Waals surface area contributed by atoms with Crippen LogP contribution in [0.1, 0.15) is 0 Å². The average Bonchev–Trinajstić information content (AvgIpc) is 2.45. The minimum absolute atomic E-state index is 0.0741. The normalized spacial score (nSPS) is 11.0. The molecule has 5 nitrogen and oxygen atoms in total. The van der Waals surface area contributed by atoms with Gasteiger partial charge in [-0.1, -0.05) is 0 Å². The predicted octanol–water partition coefficient (Wildman–Crippen LogP) is 3.12. The number of halogens is 1. The van der Waals surface area contributed by atoms with E-state index in [0.29, 0.717) is 0 Å². The fraction of sp³-hybridized carbons (Fsp3) is 0.143. The molecule has 7 heteroatoms. The summed E-state index contributed by atoms with van der Waals surface area (Å²) in [6, 6.07) is 14.0. The Kier molecular flexibility index (Phi) is 4.59. The highest BCUT2D eigenvalue weighted by atomic mass is 35.7. The van der Waals surface area contributed by atoms with Crippen molar-refractivity contribution >= 4 is 36.8 Å². The molecular weight excluding hydrogens is 310 g/mol. The van der Waals surface area contributed by atoms with E-state index in [2.05, 4.69) is 10.9 Å².